The van der Waals surface area contributed by atoms with Crippen molar-refractivity contribution in [2.45, 2.75) is 0 Å². The van der Waals surface area contributed by atoms with Gasteiger partial charge in [-0.15, -0.1) is 0 Å². The molecule has 0 amide bonds. The van der Waals surface area contributed by atoms with Crippen LogP contribution in [0.15, 0.2) is 60.9 Å². The van der Waals surface area contributed by atoms with Gasteiger partial charge in [-0.05, 0) is 18.2 Å². The highest BCUT2D eigenvalue weighted by Gasteiger charge is 2.06. The maximum Gasteiger partial charge on any atom is 0.154 e. The average molecular weight is 256 g/mol. The second-order valence-corrected chi connectivity index (χ2v) is 4.18. The summed E-state index contributed by atoms with van der Waals surface area (Å²) in [4.78, 5) is 4.04. The van der Waals surface area contributed by atoms with E-state index in [9.17, 15) is 0 Å². The zero-order valence-electron chi connectivity index (χ0n) is 9.49. The van der Waals surface area contributed by atoms with Gasteiger partial charge >= 0.3 is 0 Å². The van der Waals surface area contributed by atoms with E-state index in [0.717, 1.165) is 16.9 Å². The van der Waals surface area contributed by atoms with Crippen LogP contribution in [-0.4, -0.2) is 14.8 Å². The standard InChI is InChI=1S/C14H10ClN3/c15-14-13(7-4-9-16-14)18-10-8-12(17-18)11-5-2-1-3-6-11/h1-10H. The Morgan fingerprint density at radius 2 is 1.78 bits per heavy atom. The summed E-state index contributed by atoms with van der Waals surface area (Å²) in [7, 11) is 0. The summed E-state index contributed by atoms with van der Waals surface area (Å²) in [6, 6.07) is 15.7. The minimum atomic E-state index is 0.445. The Hall–Kier alpha value is -2.13. The van der Waals surface area contributed by atoms with Crippen LogP contribution in [0.5, 0.6) is 0 Å². The van der Waals surface area contributed by atoms with E-state index in [1.807, 2.05) is 54.7 Å². The first-order valence-electron chi connectivity index (χ1n) is 5.56. The fourth-order valence-corrected chi connectivity index (χ4v) is 1.98. The van der Waals surface area contributed by atoms with Crippen LogP contribution in [0, 0.1) is 0 Å². The Morgan fingerprint density at radius 3 is 2.56 bits per heavy atom. The fourth-order valence-electron chi connectivity index (χ4n) is 1.77. The summed E-state index contributed by atoms with van der Waals surface area (Å²) in [5, 5.41) is 4.95. The lowest BCUT2D eigenvalue weighted by Gasteiger charge is -2.02. The van der Waals surface area contributed by atoms with Gasteiger partial charge in [-0.25, -0.2) is 9.67 Å². The summed E-state index contributed by atoms with van der Waals surface area (Å²) in [5.41, 5.74) is 2.77. The molecule has 0 saturated carbocycles. The second kappa shape index (κ2) is 4.63. The first-order valence-corrected chi connectivity index (χ1v) is 5.94. The summed E-state index contributed by atoms with van der Waals surface area (Å²) in [6.07, 6.45) is 3.54. The molecule has 0 N–H and O–H groups in total. The van der Waals surface area contributed by atoms with Gasteiger partial charge in [-0.3, -0.25) is 0 Å². The molecule has 4 heteroatoms. The van der Waals surface area contributed by atoms with E-state index in [0.29, 0.717) is 5.15 Å². The summed E-state index contributed by atoms with van der Waals surface area (Å²) in [5.74, 6) is 0. The van der Waals surface area contributed by atoms with Gasteiger partial charge in [-0.2, -0.15) is 5.10 Å². The van der Waals surface area contributed by atoms with Gasteiger partial charge in [0, 0.05) is 18.0 Å². The summed E-state index contributed by atoms with van der Waals surface area (Å²) in [6.45, 7) is 0. The molecular formula is C14H10ClN3. The molecule has 18 heavy (non-hydrogen) atoms. The quantitative estimate of drug-likeness (QED) is 0.655. The number of hydrogen-bond acceptors (Lipinski definition) is 2. The molecular weight excluding hydrogens is 246 g/mol. The van der Waals surface area contributed by atoms with Crippen molar-refractivity contribution < 1.29 is 0 Å². The van der Waals surface area contributed by atoms with Crippen molar-refractivity contribution in [2.24, 2.45) is 0 Å². The van der Waals surface area contributed by atoms with Gasteiger partial charge in [0.15, 0.2) is 5.15 Å². The lowest BCUT2D eigenvalue weighted by atomic mass is 10.2. The van der Waals surface area contributed by atoms with Crippen LogP contribution in [0.4, 0.5) is 0 Å². The first kappa shape index (κ1) is 11.0. The molecule has 3 aromatic rings. The van der Waals surface area contributed by atoms with E-state index >= 15 is 0 Å². The Morgan fingerprint density at radius 1 is 0.944 bits per heavy atom. The molecule has 0 aliphatic rings. The molecule has 2 aromatic heterocycles. The van der Waals surface area contributed by atoms with Crippen molar-refractivity contribution in [2.75, 3.05) is 0 Å². The van der Waals surface area contributed by atoms with Gasteiger partial charge in [0.1, 0.15) is 5.69 Å². The van der Waals surface area contributed by atoms with Crippen molar-refractivity contribution in [1.29, 1.82) is 0 Å². The molecule has 0 aliphatic carbocycles. The Balaban J connectivity index is 2.03. The number of rotatable bonds is 2. The van der Waals surface area contributed by atoms with E-state index in [1.54, 1.807) is 10.9 Å². The molecule has 3 nitrogen and oxygen atoms in total. The average Bonchev–Trinajstić information content (AvgIpc) is 2.90. The van der Waals surface area contributed by atoms with Gasteiger partial charge in [-0.1, -0.05) is 41.9 Å². The lowest BCUT2D eigenvalue weighted by molar-refractivity contribution is 0.878. The van der Waals surface area contributed by atoms with Crippen molar-refractivity contribution in [3.63, 3.8) is 0 Å². The number of benzene rings is 1. The predicted octanol–water partition coefficient (Wildman–Crippen LogP) is 3.59. The highest BCUT2D eigenvalue weighted by Crippen LogP contribution is 2.20. The molecule has 2 heterocycles. The Kier molecular flexibility index (Phi) is 2.82. The van der Waals surface area contributed by atoms with Crippen LogP contribution < -0.4 is 0 Å². The van der Waals surface area contributed by atoms with Crippen molar-refractivity contribution >= 4 is 11.6 Å². The lowest BCUT2D eigenvalue weighted by Crippen LogP contribution is -1.96. The van der Waals surface area contributed by atoms with Crippen molar-refractivity contribution in [3.05, 3.63) is 66.1 Å². The largest absolute Gasteiger partial charge is 0.242 e. The highest BCUT2D eigenvalue weighted by molar-refractivity contribution is 6.31. The van der Waals surface area contributed by atoms with E-state index in [4.69, 9.17) is 11.6 Å². The minimum absolute atomic E-state index is 0.445. The molecule has 0 saturated heterocycles. The van der Waals surface area contributed by atoms with E-state index in [-0.39, 0.29) is 0 Å². The second-order valence-electron chi connectivity index (χ2n) is 3.82. The Bertz CT molecular complexity index is 662. The maximum absolute atomic E-state index is 6.04. The molecule has 0 unspecified atom stereocenters. The third kappa shape index (κ3) is 2.00. The van der Waals surface area contributed by atoms with Gasteiger partial charge in [0.05, 0.1) is 5.69 Å². The zero-order chi connectivity index (χ0) is 12.4. The topological polar surface area (TPSA) is 30.7 Å². The van der Waals surface area contributed by atoms with Gasteiger partial charge < -0.3 is 0 Å². The number of nitrogens with zero attached hydrogens (tertiary/aromatic N) is 3. The highest BCUT2D eigenvalue weighted by atomic mass is 35.5. The SMILES string of the molecule is Clc1ncccc1-n1ccc(-c2ccccc2)n1. The third-order valence-electron chi connectivity index (χ3n) is 2.64. The number of hydrogen-bond donors (Lipinski definition) is 0. The van der Waals surface area contributed by atoms with E-state index in [1.165, 1.54) is 0 Å². The van der Waals surface area contributed by atoms with E-state index < -0.39 is 0 Å². The number of halogens is 1. The van der Waals surface area contributed by atoms with Gasteiger partial charge in [0.25, 0.3) is 0 Å². The minimum Gasteiger partial charge on any atom is -0.242 e. The van der Waals surface area contributed by atoms with Crippen LogP contribution in [0.1, 0.15) is 0 Å². The smallest absolute Gasteiger partial charge is 0.154 e. The zero-order valence-corrected chi connectivity index (χ0v) is 10.2. The predicted molar refractivity (Wildman–Crippen MR) is 71.8 cm³/mol. The Labute approximate surface area is 110 Å². The monoisotopic (exact) mass is 255 g/mol. The van der Waals surface area contributed by atoms with Gasteiger partial charge in [0.2, 0.25) is 0 Å². The maximum atomic E-state index is 6.04. The van der Waals surface area contributed by atoms with Crippen LogP contribution in [0.25, 0.3) is 16.9 Å². The molecule has 0 aliphatic heterocycles. The van der Waals surface area contributed by atoms with Crippen molar-refractivity contribution in [1.82, 2.24) is 14.8 Å². The molecule has 0 spiro atoms. The van der Waals surface area contributed by atoms with Crippen LogP contribution in [0.2, 0.25) is 5.15 Å². The molecule has 1 aromatic carbocycles. The van der Waals surface area contributed by atoms with Crippen molar-refractivity contribution in [3.8, 4) is 16.9 Å². The molecule has 88 valence electrons. The first-order chi connectivity index (χ1) is 8.84. The molecule has 0 fully saturated rings. The molecule has 3 rings (SSSR count). The molecule has 0 radical (unpaired) electrons. The van der Waals surface area contributed by atoms with E-state index in [2.05, 4.69) is 10.1 Å². The summed E-state index contributed by atoms with van der Waals surface area (Å²) < 4.78 is 1.73. The molecule has 0 bridgehead atoms. The van der Waals surface area contributed by atoms with Crippen LogP contribution >= 0.6 is 11.6 Å². The van der Waals surface area contributed by atoms with Crippen LogP contribution in [-0.2, 0) is 0 Å². The normalized spacial score (nSPS) is 10.5. The number of aromatic nitrogens is 3. The third-order valence-corrected chi connectivity index (χ3v) is 2.94. The molecule has 0 atom stereocenters. The fraction of sp³-hybridized carbons (Fsp3) is 0. The van der Waals surface area contributed by atoms with Crippen LogP contribution in [0.3, 0.4) is 0 Å². The summed E-state index contributed by atoms with van der Waals surface area (Å²) >= 11 is 6.04. The number of pyridine rings is 1.